The fourth-order valence-electron chi connectivity index (χ4n) is 0.984. The van der Waals surface area contributed by atoms with Crippen molar-refractivity contribution in [2.24, 2.45) is 0 Å². The monoisotopic (exact) mass is 221 g/mol. The molecule has 16 heavy (non-hydrogen) atoms. The molecule has 1 N–H and O–H groups in total. The van der Waals surface area contributed by atoms with Crippen molar-refractivity contribution in [3.63, 3.8) is 0 Å². The smallest absolute Gasteiger partial charge is 0.364 e. The lowest BCUT2D eigenvalue weighted by Crippen LogP contribution is -1.94. The number of hydrogen-bond donors (Lipinski definition) is 1. The van der Waals surface area contributed by atoms with Gasteiger partial charge in [0.15, 0.2) is 6.61 Å². The van der Waals surface area contributed by atoms with Crippen molar-refractivity contribution in [1.29, 1.82) is 5.26 Å². The minimum atomic E-state index is -1.61. The number of carboxylic acids is 1. The highest BCUT2D eigenvalue weighted by atomic mass is 19.1. The fraction of sp³-hybridized carbons (Fsp3) is 0.0909. The molecule has 0 aliphatic heterocycles. The van der Waals surface area contributed by atoms with E-state index < -0.39 is 11.8 Å². The van der Waals surface area contributed by atoms with Crippen LogP contribution in [0.5, 0.6) is 5.75 Å². The summed E-state index contributed by atoms with van der Waals surface area (Å²) in [5, 5.41) is 16.6. The summed E-state index contributed by atoms with van der Waals surface area (Å²) in [4.78, 5) is 10.2. The second-order valence-electron chi connectivity index (χ2n) is 2.81. The lowest BCUT2D eigenvalue weighted by molar-refractivity contribution is -0.134. The Balaban J connectivity index is 2.76. The molecule has 0 saturated carbocycles. The minimum absolute atomic E-state index is 0.0708. The Morgan fingerprint density at radius 3 is 2.62 bits per heavy atom. The molecule has 0 bridgehead atoms. The van der Waals surface area contributed by atoms with E-state index in [1.54, 1.807) is 6.07 Å². The molecule has 0 aromatic heterocycles. The number of nitrogens with zero attached hydrogens (tertiary/aromatic N) is 1. The van der Waals surface area contributed by atoms with Gasteiger partial charge in [0.2, 0.25) is 5.83 Å². The first kappa shape index (κ1) is 11.7. The van der Waals surface area contributed by atoms with E-state index in [0.717, 1.165) is 6.08 Å². The number of carboxylic acid groups (broad SMARTS) is 1. The molecule has 0 saturated heterocycles. The van der Waals surface area contributed by atoms with Crippen LogP contribution in [0.1, 0.15) is 5.56 Å². The summed E-state index contributed by atoms with van der Waals surface area (Å²) >= 11 is 0. The predicted molar refractivity (Wildman–Crippen MR) is 54.3 cm³/mol. The minimum Gasteiger partial charge on any atom is -0.479 e. The Hall–Kier alpha value is -2.35. The van der Waals surface area contributed by atoms with Gasteiger partial charge in [0.25, 0.3) is 0 Å². The number of ether oxygens (including phenoxy) is 1. The van der Waals surface area contributed by atoms with Gasteiger partial charge in [0, 0.05) is 0 Å². The number of hydrogen-bond acceptors (Lipinski definition) is 3. The second-order valence-corrected chi connectivity index (χ2v) is 2.81. The van der Waals surface area contributed by atoms with Gasteiger partial charge in [-0.15, -0.1) is 0 Å². The number of benzene rings is 1. The number of carbonyl (C=O) groups is 1. The van der Waals surface area contributed by atoms with Crippen molar-refractivity contribution in [1.82, 2.24) is 0 Å². The highest BCUT2D eigenvalue weighted by Crippen LogP contribution is 2.14. The van der Waals surface area contributed by atoms with Crippen LogP contribution in [0.15, 0.2) is 30.1 Å². The molecule has 1 aromatic carbocycles. The molecule has 0 unspecified atom stereocenters. The highest BCUT2D eigenvalue weighted by Gasteiger charge is 2.04. The average Bonchev–Trinajstić information content (AvgIpc) is 2.28. The van der Waals surface area contributed by atoms with Crippen molar-refractivity contribution < 1.29 is 19.0 Å². The molecule has 0 aliphatic carbocycles. The van der Waals surface area contributed by atoms with Crippen molar-refractivity contribution in [3.8, 4) is 11.8 Å². The van der Waals surface area contributed by atoms with Gasteiger partial charge in [0.05, 0.1) is 0 Å². The molecule has 0 spiro atoms. The van der Waals surface area contributed by atoms with E-state index in [2.05, 4.69) is 0 Å². The largest absolute Gasteiger partial charge is 0.479 e. The van der Waals surface area contributed by atoms with Gasteiger partial charge in [-0.25, -0.2) is 4.79 Å². The lowest BCUT2D eigenvalue weighted by atomic mass is 10.2. The van der Waals surface area contributed by atoms with Crippen molar-refractivity contribution in [2.45, 2.75) is 0 Å². The summed E-state index contributed by atoms with van der Waals surface area (Å²) in [6.45, 7) is -0.0708. The van der Waals surface area contributed by atoms with Crippen molar-refractivity contribution in [3.05, 3.63) is 35.7 Å². The molecule has 1 aromatic rings. The fourth-order valence-corrected chi connectivity index (χ4v) is 0.984. The van der Waals surface area contributed by atoms with E-state index >= 15 is 0 Å². The van der Waals surface area contributed by atoms with Crippen LogP contribution in [-0.4, -0.2) is 17.7 Å². The van der Waals surface area contributed by atoms with Crippen LogP contribution in [0, 0.1) is 11.3 Å². The summed E-state index contributed by atoms with van der Waals surface area (Å²) < 4.78 is 17.7. The summed E-state index contributed by atoms with van der Waals surface area (Å²) in [6, 6.07) is 7.85. The molecule has 0 amide bonds. The molecular weight excluding hydrogens is 213 g/mol. The highest BCUT2D eigenvalue weighted by molar-refractivity contribution is 5.89. The molecule has 1 rings (SSSR count). The van der Waals surface area contributed by atoms with E-state index in [0.29, 0.717) is 11.3 Å². The number of nitriles is 1. The van der Waals surface area contributed by atoms with Gasteiger partial charge in [-0.05, 0) is 23.8 Å². The topological polar surface area (TPSA) is 70.3 Å². The van der Waals surface area contributed by atoms with Gasteiger partial charge in [0.1, 0.15) is 11.8 Å². The van der Waals surface area contributed by atoms with Crippen LogP contribution in [0.4, 0.5) is 4.39 Å². The quantitative estimate of drug-likeness (QED) is 0.789. The van der Waals surface area contributed by atoms with Crippen LogP contribution in [0.25, 0.3) is 6.08 Å². The van der Waals surface area contributed by atoms with Gasteiger partial charge in [-0.1, -0.05) is 12.1 Å². The van der Waals surface area contributed by atoms with Gasteiger partial charge in [-0.3, -0.25) is 0 Å². The maximum atomic E-state index is 12.7. The van der Waals surface area contributed by atoms with Crippen LogP contribution in [0.2, 0.25) is 0 Å². The van der Waals surface area contributed by atoms with Crippen LogP contribution in [0.3, 0.4) is 0 Å². The zero-order chi connectivity index (χ0) is 12.0. The van der Waals surface area contributed by atoms with E-state index in [1.807, 2.05) is 0 Å². The number of rotatable bonds is 4. The third-order valence-electron chi connectivity index (χ3n) is 1.68. The molecule has 0 aliphatic rings. The number of halogens is 1. The summed E-state index contributed by atoms with van der Waals surface area (Å²) in [7, 11) is 0. The Morgan fingerprint density at radius 1 is 1.50 bits per heavy atom. The zero-order valence-electron chi connectivity index (χ0n) is 8.18. The first-order valence-corrected chi connectivity index (χ1v) is 4.34. The van der Waals surface area contributed by atoms with E-state index in [4.69, 9.17) is 15.1 Å². The van der Waals surface area contributed by atoms with Crippen molar-refractivity contribution in [2.75, 3.05) is 6.61 Å². The van der Waals surface area contributed by atoms with Gasteiger partial charge < -0.3 is 9.84 Å². The van der Waals surface area contributed by atoms with E-state index in [9.17, 15) is 9.18 Å². The molecule has 0 radical (unpaired) electrons. The Kier molecular flexibility index (Phi) is 4.04. The van der Waals surface area contributed by atoms with Crippen LogP contribution < -0.4 is 4.74 Å². The Labute approximate surface area is 91.2 Å². The van der Waals surface area contributed by atoms with Crippen LogP contribution >= 0.6 is 0 Å². The van der Waals surface area contributed by atoms with Gasteiger partial charge in [-0.2, -0.15) is 9.65 Å². The molecule has 5 heteroatoms. The molecule has 4 nitrogen and oxygen atoms in total. The Morgan fingerprint density at radius 2 is 2.12 bits per heavy atom. The zero-order valence-corrected chi connectivity index (χ0v) is 8.18. The Bertz CT molecular complexity index is 445. The maximum absolute atomic E-state index is 12.7. The first-order chi connectivity index (χ1) is 7.63. The van der Waals surface area contributed by atoms with Crippen LogP contribution in [-0.2, 0) is 4.79 Å². The normalized spacial score (nSPS) is 10.6. The van der Waals surface area contributed by atoms with Gasteiger partial charge >= 0.3 is 5.97 Å². The second kappa shape index (κ2) is 5.51. The van der Waals surface area contributed by atoms with E-state index in [1.165, 1.54) is 24.3 Å². The molecule has 0 heterocycles. The molecular formula is C11H8FNO3. The first-order valence-electron chi connectivity index (χ1n) is 4.34. The third kappa shape index (κ3) is 3.42. The van der Waals surface area contributed by atoms with E-state index in [-0.39, 0.29) is 6.61 Å². The summed E-state index contributed by atoms with van der Waals surface area (Å²) in [6.07, 6.45) is 0.899. The summed E-state index contributed by atoms with van der Waals surface area (Å²) in [5.41, 5.74) is 0.407. The average molecular weight is 221 g/mol. The molecule has 0 fully saturated rings. The predicted octanol–water partition coefficient (Wildman–Crippen LogP) is 1.98. The third-order valence-corrected chi connectivity index (χ3v) is 1.68. The van der Waals surface area contributed by atoms with Crippen molar-refractivity contribution >= 4 is 12.0 Å². The number of aliphatic carboxylic acids is 1. The lowest BCUT2D eigenvalue weighted by Gasteiger charge is -2.01. The SMILES string of the molecule is N#CCOc1ccc(C=C(F)C(=O)O)cc1. The summed E-state index contributed by atoms with van der Waals surface area (Å²) in [5.74, 6) is -2.37. The standard InChI is InChI=1S/C11H8FNO3/c12-10(11(14)15)7-8-1-3-9(4-2-8)16-6-5-13/h1-4,7H,6H2,(H,14,15). The molecule has 82 valence electrons. The molecule has 0 atom stereocenters. The maximum Gasteiger partial charge on any atom is 0.364 e.